The van der Waals surface area contributed by atoms with Crippen LogP contribution in [0.4, 0.5) is 14.5 Å². The highest BCUT2D eigenvalue weighted by Crippen LogP contribution is 2.33. The van der Waals surface area contributed by atoms with Gasteiger partial charge in [-0.25, -0.2) is 18.4 Å². The number of carbonyl (C=O) groups is 1. The number of halogens is 3. The molecule has 0 saturated carbocycles. The molecule has 0 saturated heterocycles. The quantitative estimate of drug-likeness (QED) is 0.449. The number of benzene rings is 2. The van der Waals surface area contributed by atoms with E-state index < -0.39 is 23.6 Å². The Bertz CT molecular complexity index is 1420. The zero-order valence-electron chi connectivity index (χ0n) is 16.3. The molecule has 1 unspecified atom stereocenters. The van der Waals surface area contributed by atoms with Gasteiger partial charge in [0.05, 0.1) is 23.6 Å². The first kappa shape index (κ1) is 20.7. The highest BCUT2D eigenvalue weighted by atomic mass is 35.5. The molecule has 1 amide bonds. The topological polar surface area (TPSA) is 81.8 Å². The van der Waals surface area contributed by atoms with E-state index in [0.717, 1.165) is 12.1 Å². The minimum atomic E-state index is -0.866. The summed E-state index contributed by atoms with van der Waals surface area (Å²) in [7, 11) is 0. The van der Waals surface area contributed by atoms with Crippen molar-refractivity contribution in [3.05, 3.63) is 75.7 Å². The van der Waals surface area contributed by atoms with Crippen LogP contribution < -0.4 is 10.9 Å². The van der Waals surface area contributed by atoms with Crippen molar-refractivity contribution in [2.75, 3.05) is 11.1 Å². The SMILES string of the molecule is O=C(CC1CSc2nc3c(cnn3-c3ccc(Cl)cc3)c(=O)n21)Nc1ccc(F)cc1F. The van der Waals surface area contributed by atoms with Crippen LogP contribution in [0.3, 0.4) is 0 Å². The standard InChI is InChI=1S/C21H14ClF2N5O2S/c22-11-1-4-13(5-2-11)29-19-15(9-25-29)20(31)28-14(10-32-21(28)27-19)8-18(30)26-17-6-3-12(23)7-16(17)24/h1-7,9,14H,8,10H2,(H,26,30). The molecular formula is C21H14ClF2N5O2S. The van der Waals surface area contributed by atoms with Crippen molar-refractivity contribution in [2.24, 2.45) is 0 Å². The van der Waals surface area contributed by atoms with E-state index in [1.165, 1.54) is 22.5 Å². The van der Waals surface area contributed by atoms with E-state index >= 15 is 0 Å². The maximum absolute atomic E-state index is 13.8. The molecule has 0 aliphatic carbocycles. The van der Waals surface area contributed by atoms with Gasteiger partial charge in [-0.3, -0.25) is 14.2 Å². The number of aromatic nitrogens is 4. The molecule has 1 N–H and O–H groups in total. The maximum Gasteiger partial charge on any atom is 0.265 e. The van der Waals surface area contributed by atoms with E-state index in [1.807, 2.05) is 0 Å². The van der Waals surface area contributed by atoms with Gasteiger partial charge in [0.1, 0.15) is 17.0 Å². The fourth-order valence-electron chi connectivity index (χ4n) is 3.56. The predicted octanol–water partition coefficient (Wildman–Crippen LogP) is 4.19. The lowest BCUT2D eigenvalue weighted by molar-refractivity contribution is -0.116. The van der Waals surface area contributed by atoms with Crippen LogP contribution in [-0.2, 0) is 4.79 Å². The Balaban J connectivity index is 1.44. The lowest BCUT2D eigenvalue weighted by Gasteiger charge is -2.14. The van der Waals surface area contributed by atoms with Gasteiger partial charge in [-0.15, -0.1) is 0 Å². The summed E-state index contributed by atoms with van der Waals surface area (Å²) in [5.74, 6) is -1.63. The molecule has 162 valence electrons. The zero-order valence-corrected chi connectivity index (χ0v) is 17.8. The van der Waals surface area contributed by atoms with Gasteiger partial charge in [0.2, 0.25) is 5.91 Å². The Kier molecular flexibility index (Phi) is 5.18. The second-order valence-corrected chi connectivity index (χ2v) is 8.60. The number of hydrogen-bond acceptors (Lipinski definition) is 5. The van der Waals surface area contributed by atoms with Gasteiger partial charge in [-0.1, -0.05) is 23.4 Å². The molecule has 1 aliphatic rings. The van der Waals surface area contributed by atoms with Gasteiger partial charge in [0.15, 0.2) is 10.8 Å². The molecule has 4 aromatic rings. The molecule has 0 radical (unpaired) electrons. The number of rotatable bonds is 4. The molecule has 1 aliphatic heterocycles. The smallest absolute Gasteiger partial charge is 0.265 e. The molecule has 0 spiro atoms. The number of amides is 1. The number of carbonyl (C=O) groups excluding carboxylic acids is 1. The highest BCUT2D eigenvalue weighted by Gasteiger charge is 2.29. The third kappa shape index (κ3) is 3.65. The van der Waals surface area contributed by atoms with Gasteiger partial charge in [-0.05, 0) is 36.4 Å². The number of fused-ring (bicyclic) bond motifs is 2. The number of anilines is 1. The van der Waals surface area contributed by atoms with Crippen LogP contribution in [0.5, 0.6) is 0 Å². The number of thioether (sulfide) groups is 1. The van der Waals surface area contributed by atoms with Crippen molar-refractivity contribution in [1.29, 1.82) is 0 Å². The number of hydrogen-bond donors (Lipinski definition) is 1. The maximum atomic E-state index is 13.8. The molecular weight excluding hydrogens is 460 g/mol. The van der Waals surface area contributed by atoms with Crippen LogP contribution in [0.2, 0.25) is 5.02 Å². The van der Waals surface area contributed by atoms with Crippen LogP contribution in [0.1, 0.15) is 12.5 Å². The normalized spacial score (nSPS) is 15.2. The summed E-state index contributed by atoms with van der Waals surface area (Å²) in [6.07, 6.45) is 1.38. The first-order valence-electron chi connectivity index (χ1n) is 9.54. The Labute approximate surface area is 189 Å². The Hall–Kier alpha value is -3.24. The Morgan fingerprint density at radius 3 is 2.75 bits per heavy atom. The van der Waals surface area contributed by atoms with Crippen molar-refractivity contribution in [2.45, 2.75) is 17.6 Å². The average Bonchev–Trinajstić information content (AvgIpc) is 3.36. The van der Waals surface area contributed by atoms with Crippen molar-refractivity contribution < 1.29 is 13.6 Å². The van der Waals surface area contributed by atoms with Gasteiger partial charge >= 0.3 is 0 Å². The second-order valence-electron chi connectivity index (χ2n) is 7.18. The summed E-state index contributed by atoms with van der Waals surface area (Å²) < 4.78 is 29.9. The minimum absolute atomic E-state index is 0.0603. The zero-order chi connectivity index (χ0) is 22.4. The summed E-state index contributed by atoms with van der Waals surface area (Å²) in [5, 5.41) is 8.10. The molecule has 0 fully saturated rings. The lowest BCUT2D eigenvalue weighted by Crippen LogP contribution is -2.28. The fourth-order valence-corrected chi connectivity index (χ4v) is 4.81. The van der Waals surface area contributed by atoms with Crippen LogP contribution in [-0.4, -0.2) is 31.0 Å². The van der Waals surface area contributed by atoms with E-state index in [1.54, 1.807) is 28.9 Å². The van der Waals surface area contributed by atoms with Crippen LogP contribution in [0.15, 0.2) is 58.6 Å². The molecule has 2 aromatic heterocycles. The molecule has 32 heavy (non-hydrogen) atoms. The monoisotopic (exact) mass is 473 g/mol. The van der Waals surface area contributed by atoms with E-state index in [-0.39, 0.29) is 17.7 Å². The average molecular weight is 474 g/mol. The van der Waals surface area contributed by atoms with Crippen molar-refractivity contribution in [3.8, 4) is 5.69 Å². The van der Waals surface area contributed by atoms with E-state index in [0.29, 0.717) is 38.7 Å². The van der Waals surface area contributed by atoms with E-state index in [9.17, 15) is 18.4 Å². The summed E-state index contributed by atoms with van der Waals surface area (Å²) in [4.78, 5) is 30.2. The van der Waals surface area contributed by atoms with Crippen LogP contribution in [0, 0.1) is 11.6 Å². The number of nitrogens with one attached hydrogen (secondary N) is 1. The third-order valence-corrected chi connectivity index (χ3v) is 6.42. The van der Waals surface area contributed by atoms with Gasteiger partial charge in [0, 0.05) is 23.3 Å². The minimum Gasteiger partial charge on any atom is -0.324 e. The Morgan fingerprint density at radius 2 is 2.00 bits per heavy atom. The lowest BCUT2D eigenvalue weighted by atomic mass is 10.2. The van der Waals surface area contributed by atoms with Crippen LogP contribution in [0.25, 0.3) is 16.7 Å². The molecule has 5 rings (SSSR count). The van der Waals surface area contributed by atoms with Crippen molar-refractivity contribution in [1.82, 2.24) is 19.3 Å². The molecule has 3 heterocycles. The van der Waals surface area contributed by atoms with Crippen LogP contribution >= 0.6 is 23.4 Å². The first-order chi connectivity index (χ1) is 15.4. The molecule has 2 aromatic carbocycles. The largest absolute Gasteiger partial charge is 0.324 e. The van der Waals surface area contributed by atoms with Gasteiger partial charge < -0.3 is 5.32 Å². The summed E-state index contributed by atoms with van der Waals surface area (Å²) >= 11 is 7.30. The first-order valence-corrected chi connectivity index (χ1v) is 10.9. The molecule has 7 nitrogen and oxygen atoms in total. The molecule has 0 bridgehead atoms. The van der Waals surface area contributed by atoms with Crippen molar-refractivity contribution in [3.63, 3.8) is 0 Å². The Morgan fingerprint density at radius 1 is 1.22 bits per heavy atom. The van der Waals surface area contributed by atoms with E-state index in [2.05, 4.69) is 15.4 Å². The van der Waals surface area contributed by atoms with E-state index in [4.69, 9.17) is 11.6 Å². The van der Waals surface area contributed by atoms with Gasteiger partial charge in [0.25, 0.3) is 5.56 Å². The predicted molar refractivity (Wildman–Crippen MR) is 118 cm³/mol. The third-order valence-electron chi connectivity index (χ3n) is 5.07. The van der Waals surface area contributed by atoms with Crippen molar-refractivity contribution >= 4 is 46.0 Å². The number of nitrogens with zero attached hydrogens (tertiary/aromatic N) is 4. The second kappa shape index (κ2) is 8.03. The molecule has 1 atom stereocenters. The molecule has 11 heteroatoms. The summed E-state index contributed by atoms with van der Waals surface area (Å²) in [6.45, 7) is 0. The summed E-state index contributed by atoms with van der Waals surface area (Å²) in [6, 6.07) is 9.44. The summed E-state index contributed by atoms with van der Waals surface area (Å²) in [5.41, 5.74) is 0.699. The van der Waals surface area contributed by atoms with Gasteiger partial charge in [-0.2, -0.15) is 5.10 Å². The fraction of sp³-hybridized carbons (Fsp3) is 0.143. The highest BCUT2D eigenvalue weighted by molar-refractivity contribution is 7.99.